The maximum absolute atomic E-state index is 14.6. The number of fused-ring (bicyclic) bond motifs is 2. The van der Waals surface area contributed by atoms with Crippen molar-refractivity contribution in [1.29, 1.82) is 0 Å². The number of nitrogens with zero attached hydrogens (tertiary/aromatic N) is 1. The number of Topliss-reactive ketones (excluding diaryl/α,β-unsaturated/α-hetero) is 1. The lowest BCUT2D eigenvalue weighted by Crippen LogP contribution is -2.59. The number of ketones is 1. The first-order valence-electron chi connectivity index (χ1n) is 28.6. The van der Waals surface area contributed by atoms with E-state index in [0.29, 0.717) is 24.2 Å². The van der Waals surface area contributed by atoms with Crippen molar-refractivity contribution in [3.8, 4) is 5.75 Å². The van der Waals surface area contributed by atoms with E-state index in [4.69, 9.17) is 4.74 Å². The first-order valence-corrected chi connectivity index (χ1v) is 28.6. The molecule has 4 aliphatic rings. The first kappa shape index (κ1) is 58.2. The number of likely N-dealkylation sites (tertiary alicyclic amines) is 1. The SMILES string of the molecule is CN[C@@H](C)C(=O)N[C@@H](Cc1ccc(OCc2ccc(C(=O)N[C@H]3C[C@@H](C(=O)N[C@@H]4CCCc5ccccc54)N(C(=O)[C@@H](NC(=O)[C@H](C)NC)C(C)(C)C)C3)cc2)cc1)C(=O)[C@@H]1CCCC[C@H]1C(=O)N[C@@H]1CCCc2ccccc21. The Bertz CT molecular complexity index is 2810. The Morgan fingerprint density at radius 3 is 1.75 bits per heavy atom. The molecule has 4 aromatic rings. The van der Waals surface area contributed by atoms with Gasteiger partial charge in [0, 0.05) is 30.0 Å². The average Bonchev–Trinajstić information content (AvgIpc) is 4.06. The number of nitrogens with one attached hydrogen (secondary N) is 7. The molecule has 10 atom stereocenters. The van der Waals surface area contributed by atoms with Crippen LogP contribution in [0, 0.1) is 17.3 Å². The smallest absolute Gasteiger partial charge is 0.251 e. The highest BCUT2D eigenvalue weighted by atomic mass is 16.5. The third-order valence-corrected chi connectivity index (χ3v) is 16.8. The lowest BCUT2D eigenvalue weighted by atomic mass is 9.74. The van der Waals surface area contributed by atoms with Crippen LogP contribution in [0.1, 0.15) is 148 Å². The van der Waals surface area contributed by atoms with Gasteiger partial charge < -0.3 is 46.9 Å². The fraction of sp³-hybridized carbons (Fsp3) is 0.508. The number of carbonyl (C=O) groups excluding carboxylic acids is 7. The molecule has 0 radical (unpaired) electrons. The van der Waals surface area contributed by atoms with Gasteiger partial charge in [0.1, 0.15) is 24.4 Å². The average molecular weight is 1080 g/mol. The molecule has 0 unspecified atom stereocenters. The number of carbonyl (C=O) groups is 7. The molecule has 1 heterocycles. The van der Waals surface area contributed by atoms with Gasteiger partial charge in [-0.2, -0.15) is 0 Å². The van der Waals surface area contributed by atoms with E-state index in [2.05, 4.69) is 55.4 Å². The minimum Gasteiger partial charge on any atom is -0.489 e. The molecule has 1 saturated heterocycles. The monoisotopic (exact) mass is 1080 g/mol. The molecule has 79 heavy (non-hydrogen) atoms. The molecule has 6 amide bonds. The van der Waals surface area contributed by atoms with Crippen LogP contribution in [0.25, 0.3) is 0 Å². The van der Waals surface area contributed by atoms with Crippen molar-refractivity contribution in [2.24, 2.45) is 17.3 Å². The quantitative estimate of drug-likeness (QED) is 0.0510. The largest absolute Gasteiger partial charge is 0.489 e. The van der Waals surface area contributed by atoms with Gasteiger partial charge in [-0.1, -0.05) is 106 Å². The lowest BCUT2D eigenvalue weighted by Gasteiger charge is -2.36. The summed E-state index contributed by atoms with van der Waals surface area (Å²) < 4.78 is 6.17. The van der Waals surface area contributed by atoms with Crippen LogP contribution in [0.3, 0.4) is 0 Å². The summed E-state index contributed by atoms with van der Waals surface area (Å²) in [6.07, 6.45) is 8.79. The second-order valence-corrected chi connectivity index (χ2v) is 23.3. The molecule has 1 aliphatic heterocycles. The summed E-state index contributed by atoms with van der Waals surface area (Å²) in [6.45, 7) is 9.37. The highest BCUT2D eigenvalue weighted by Crippen LogP contribution is 2.36. The van der Waals surface area contributed by atoms with Gasteiger partial charge in [-0.15, -0.1) is 0 Å². The summed E-state index contributed by atoms with van der Waals surface area (Å²) >= 11 is 0. The molecule has 4 aromatic carbocycles. The molecular formula is C63H82N8O8. The van der Waals surface area contributed by atoms with Gasteiger partial charge in [0.05, 0.1) is 30.2 Å². The number of ether oxygens (including phenoxy) is 1. The molecule has 16 heteroatoms. The minimum absolute atomic E-state index is 0.0794. The van der Waals surface area contributed by atoms with Crippen LogP contribution in [0.15, 0.2) is 97.1 Å². The van der Waals surface area contributed by atoms with E-state index in [1.807, 2.05) is 87.5 Å². The van der Waals surface area contributed by atoms with Gasteiger partial charge in [-0.3, -0.25) is 33.6 Å². The standard InChI is InChI=1S/C63H82N8O8/c1-38(64-6)57(73)69-53(55(72)49-22-12-13-23-50(49)60(76)67-51-24-14-18-42-16-8-10-20-47(42)51)34-40-28-32-46(33-29-40)79-37-41-26-30-44(31-27-41)59(75)66-45-35-54(61(77)68-52-25-15-19-43-17-9-11-21-48(43)52)71(36-45)62(78)56(63(3,4)5)70-58(74)39(2)65-7/h8-11,16-17,20-21,26-33,38-39,45,49-54,56,64-65H,12-15,18-19,22-25,34-37H2,1-7H3,(H,66,75)(H,67,76)(H,68,77)(H,69,73)(H,70,74)/t38-,39-,45-,49+,50+,51+,52+,53-,54-,56+/m0/s1. The van der Waals surface area contributed by atoms with Crippen LogP contribution in [-0.2, 0) is 54.6 Å². The zero-order chi connectivity index (χ0) is 56.4. The molecule has 3 aliphatic carbocycles. The fourth-order valence-electron chi connectivity index (χ4n) is 11.8. The van der Waals surface area contributed by atoms with Gasteiger partial charge in [0.2, 0.25) is 29.5 Å². The van der Waals surface area contributed by atoms with Crippen LogP contribution in [0.4, 0.5) is 0 Å². The second kappa shape index (κ2) is 26.4. The van der Waals surface area contributed by atoms with Crippen molar-refractivity contribution in [3.63, 3.8) is 0 Å². The van der Waals surface area contributed by atoms with Crippen LogP contribution in [0.5, 0.6) is 5.75 Å². The molecule has 1 saturated carbocycles. The van der Waals surface area contributed by atoms with E-state index in [-0.39, 0.29) is 73.4 Å². The molecule has 422 valence electrons. The minimum atomic E-state index is -0.939. The molecule has 2 fully saturated rings. The highest BCUT2D eigenvalue weighted by molar-refractivity contribution is 5.97. The summed E-state index contributed by atoms with van der Waals surface area (Å²) in [5.74, 6) is -2.31. The third kappa shape index (κ3) is 14.5. The molecule has 0 bridgehead atoms. The molecule has 0 spiro atoms. The number of hydrogen-bond donors (Lipinski definition) is 7. The molecule has 0 aromatic heterocycles. The van der Waals surface area contributed by atoms with Crippen molar-refractivity contribution in [1.82, 2.24) is 42.1 Å². The Kier molecular flexibility index (Phi) is 19.4. The number of rotatable bonds is 20. The predicted octanol–water partition coefficient (Wildman–Crippen LogP) is 6.50. The maximum atomic E-state index is 14.6. The zero-order valence-electron chi connectivity index (χ0n) is 47.1. The van der Waals surface area contributed by atoms with Crippen molar-refractivity contribution in [2.45, 2.75) is 167 Å². The van der Waals surface area contributed by atoms with Crippen molar-refractivity contribution < 1.29 is 38.3 Å². The van der Waals surface area contributed by atoms with Gasteiger partial charge in [0.25, 0.3) is 5.91 Å². The predicted molar refractivity (Wildman–Crippen MR) is 304 cm³/mol. The highest BCUT2D eigenvalue weighted by Gasteiger charge is 2.46. The van der Waals surface area contributed by atoms with E-state index in [1.165, 1.54) is 16.0 Å². The second-order valence-electron chi connectivity index (χ2n) is 23.3. The Labute approximate surface area is 466 Å². The molecule has 16 nitrogen and oxygen atoms in total. The number of amides is 6. The van der Waals surface area contributed by atoms with Crippen LogP contribution in [0.2, 0.25) is 0 Å². The van der Waals surface area contributed by atoms with E-state index >= 15 is 0 Å². The molecular weight excluding hydrogens is 997 g/mol. The normalized spacial score (nSPS) is 22.3. The van der Waals surface area contributed by atoms with Gasteiger partial charge in [0.15, 0.2) is 5.78 Å². The number of aryl methyl sites for hydroxylation is 2. The number of benzene rings is 4. The third-order valence-electron chi connectivity index (χ3n) is 16.8. The van der Waals surface area contributed by atoms with Crippen molar-refractivity contribution in [2.75, 3.05) is 20.6 Å². The Balaban J connectivity index is 0.892. The summed E-state index contributed by atoms with van der Waals surface area (Å²) in [4.78, 5) is 99.5. The lowest BCUT2D eigenvalue weighted by molar-refractivity contribution is -0.144. The van der Waals surface area contributed by atoms with Gasteiger partial charge >= 0.3 is 0 Å². The molecule has 7 N–H and O–H groups in total. The van der Waals surface area contributed by atoms with Crippen LogP contribution < -0.4 is 42.0 Å². The van der Waals surface area contributed by atoms with Gasteiger partial charge in [-0.25, -0.2) is 0 Å². The summed E-state index contributed by atoms with van der Waals surface area (Å²) in [6, 6.07) is 26.2. The van der Waals surface area contributed by atoms with Crippen LogP contribution in [-0.4, -0.2) is 103 Å². The summed E-state index contributed by atoms with van der Waals surface area (Å²) in [5, 5.41) is 21.5. The molecule has 8 rings (SSSR count). The van der Waals surface area contributed by atoms with E-state index in [0.717, 1.165) is 73.6 Å². The zero-order valence-corrected chi connectivity index (χ0v) is 47.1. The van der Waals surface area contributed by atoms with E-state index < -0.39 is 59.4 Å². The van der Waals surface area contributed by atoms with Crippen LogP contribution >= 0.6 is 0 Å². The first-order chi connectivity index (χ1) is 37.9. The number of likely N-dealkylation sites (N-methyl/N-ethyl adjacent to an activating group) is 2. The maximum Gasteiger partial charge on any atom is 0.251 e. The van der Waals surface area contributed by atoms with E-state index in [1.54, 1.807) is 40.1 Å². The Morgan fingerprint density at radius 1 is 0.620 bits per heavy atom. The number of hydrogen-bond acceptors (Lipinski definition) is 10. The van der Waals surface area contributed by atoms with Crippen molar-refractivity contribution in [3.05, 3.63) is 136 Å². The summed E-state index contributed by atoms with van der Waals surface area (Å²) in [7, 11) is 3.37. The van der Waals surface area contributed by atoms with Crippen molar-refractivity contribution >= 4 is 41.2 Å². The Hall–Kier alpha value is -6.91. The van der Waals surface area contributed by atoms with Gasteiger partial charge in [-0.05, 0) is 155 Å². The fourth-order valence-corrected chi connectivity index (χ4v) is 11.8. The van der Waals surface area contributed by atoms with E-state index in [9.17, 15) is 33.6 Å². The Morgan fingerprint density at radius 2 is 1.16 bits per heavy atom. The topological polar surface area (TPSA) is 216 Å². The summed E-state index contributed by atoms with van der Waals surface area (Å²) in [5.41, 5.74) is 6.01.